The molecule has 0 bridgehead atoms. The highest BCUT2D eigenvalue weighted by molar-refractivity contribution is 8.02. The third-order valence-electron chi connectivity index (χ3n) is 5.39. The van der Waals surface area contributed by atoms with E-state index in [9.17, 15) is 9.59 Å². The number of carbonyl (C=O) groups is 2. The van der Waals surface area contributed by atoms with Crippen molar-refractivity contribution in [3.63, 3.8) is 0 Å². The minimum Gasteiger partial charge on any atom is -0.353 e. The number of para-hydroxylation sites is 1. The maximum Gasteiger partial charge on any atom is 0.252 e. The maximum absolute atomic E-state index is 13.4. The molecule has 2 aliphatic rings. The first kappa shape index (κ1) is 18.8. The van der Waals surface area contributed by atoms with Gasteiger partial charge in [-0.05, 0) is 38.1 Å². The van der Waals surface area contributed by atoms with Crippen LogP contribution in [0, 0.1) is 0 Å². The van der Waals surface area contributed by atoms with Crippen molar-refractivity contribution >= 4 is 35.1 Å². The van der Waals surface area contributed by atoms with Gasteiger partial charge in [-0.3, -0.25) is 9.59 Å². The van der Waals surface area contributed by atoms with Crippen molar-refractivity contribution in [2.45, 2.75) is 23.5 Å². The van der Waals surface area contributed by atoms with Crippen LogP contribution in [0.25, 0.3) is 0 Å². The zero-order valence-corrected chi connectivity index (χ0v) is 17.0. The number of aromatic nitrogens is 1. The van der Waals surface area contributed by atoms with Gasteiger partial charge in [0.05, 0.1) is 5.69 Å². The first-order valence-corrected chi connectivity index (χ1v) is 10.4. The monoisotopic (exact) mass is 396 g/mol. The molecular weight excluding hydrogens is 372 g/mol. The molecular formula is C21H24N4O2S. The van der Waals surface area contributed by atoms with Gasteiger partial charge in [-0.25, -0.2) is 4.98 Å². The first-order valence-electron chi connectivity index (χ1n) is 9.60. The van der Waals surface area contributed by atoms with E-state index in [1.165, 1.54) is 11.8 Å². The summed E-state index contributed by atoms with van der Waals surface area (Å²) in [4.78, 5) is 37.8. The van der Waals surface area contributed by atoms with Crippen LogP contribution in [0.4, 0.5) is 11.5 Å². The van der Waals surface area contributed by atoms with Crippen LogP contribution in [0.5, 0.6) is 0 Å². The minimum atomic E-state index is -1.13. The van der Waals surface area contributed by atoms with Gasteiger partial charge in [0.15, 0.2) is 4.75 Å². The standard InChI is InChI=1S/C21H24N4O2S/c1-3-25-16-8-4-5-9-17(16)28-21(2,20(25)27)19(26)24-14-12-23(13-15-24)18-10-6-7-11-22-18/h4-11H,3,12-15H2,1-2H3. The zero-order valence-electron chi connectivity index (χ0n) is 16.2. The number of carbonyl (C=O) groups excluding carboxylic acids is 2. The van der Waals surface area contributed by atoms with Crippen molar-refractivity contribution in [1.29, 1.82) is 0 Å². The van der Waals surface area contributed by atoms with Gasteiger partial charge in [-0.1, -0.05) is 30.0 Å². The minimum absolute atomic E-state index is 0.101. The van der Waals surface area contributed by atoms with E-state index >= 15 is 0 Å². The number of fused-ring (bicyclic) bond motifs is 1. The van der Waals surface area contributed by atoms with E-state index in [0.717, 1.165) is 16.4 Å². The van der Waals surface area contributed by atoms with Crippen LogP contribution in [0.2, 0.25) is 0 Å². The molecule has 0 radical (unpaired) electrons. The highest BCUT2D eigenvalue weighted by Gasteiger charge is 2.50. The van der Waals surface area contributed by atoms with Crippen LogP contribution in [0.15, 0.2) is 53.6 Å². The lowest BCUT2D eigenvalue weighted by Gasteiger charge is -2.43. The number of thioether (sulfide) groups is 1. The Kier molecular flexibility index (Phi) is 5.02. The molecule has 1 unspecified atom stereocenters. The average Bonchev–Trinajstić information content (AvgIpc) is 2.75. The molecule has 6 nitrogen and oxygen atoms in total. The lowest BCUT2D eigenvalue weighted by molar-refractivity contribution is -0.138. The van der Waals surface area contributed by atoms with E-state index in [0.29, 0.717) is 32.7 Å². The maximum atomic E-state index is 13.4. The van der Waals surface area contributed by atoms with Crippen LogP contribution in [-0.4, -0.2) is 59.2 Å². The van der Waals surface area contributed by atoms with Crippen molar-refractivity contribution < 1.29 is 9.59 Å². The lowest BCUT2D eigenvalue weighted by Crippen LogP contribution is -2.60. The molecule has 1 aromatic carbocycles. The Morgan fingerprint density at radius 2 is 1.82 bits per heavy atom. The van der Waals surface area contributed by atoms with Crippen LogP contribution < -0.4 is 9.80 Å². The fraction of sp³-hybridized carbons (Fsp3) is 0.381. The first-order chi connectivity index (χ1) is 13.5. The fourth-order valence-corrected chi connectivity index (χ4v) is 5.11. The Morgan fingerprint density at radius 3 is 2.50 bits per heavy atom. The van der Waals surface area contributed by atoms with Crippen molar-refractivity contribution in [2.75, 3.05) is 42.5 Å². The van der Waals surface area contributed by atoms with Gasteiger partial charge in [-0.2, -0.15) is 0 Å². The van der Waals surface area contributed by atoms with E-state index in [4.69, 9.17) is 0 Å². The number of nitrogens with zero attached hydrogens (tertiary/aromatic N) is 4. The van der Waals surface area contributed by atoms with Crippen molar-refractivity contribution in [2.24, 2.45) is 0 Å². The normalized spacial score (nSPS) is 22.2. The molecule has 0 saturated carbocycles. The molecule has 28 heavy (non-hydrogen) atoms. The highest BCUT2D eigenvalue weighted by Crippen LogP contribution is 2.46. The Hall–Kier alpha value is -2.54. The molecule has 4 rings (SSSR count). The second-order valence-electron chi connectivity index (χ2n) is 7.12. The number of rotatable bonds is 3. The molecule has 0 spiro atoms. The van der Waals surface area contributed by atoms with Crippen molar-refractivity contribution in [3.8, 4) is 0 Å². The quantitative estimate of drug-likeness (QED) is 0.747. The van der Waals surface area contributed by atoms with E-state index in [1.807, 2.05) is 54.3 Å². The smallest absolute Gasteiger partial charge is 0.252 e. The molecule has 1 saturated heterocycles. The molecule has 146 valence electrons. The predicted molar refractivity (Wildman–Crippen MR) is 112 cm³/mol. The number of pyridine rings is 1. The molecule has 1 atom stereocenters. The molecule has 7 heteroatoms. The summed E-state index contributed by atoms with van der Waals surface area (Å²) >= 11 is 1.38. The third-order valence-corrected chi connectivity index (χ3v) is 6.71. The largest absolute Gasteiger partial charge is 0.353 e. The van der Waals surface area contributed by atoms with Crippen LogP contribution in [0.1, 0.15) is 13.8 Å². The Balaban J connectivity index is 1.52. The molecule has 0 aliphatic carbocycles. The van der Waals surface area contributed by atoms with Gasteiger partial charge >= 0.3 is 0 Å². The summed E-state index contributed by atoms with van der Waals surface area (Å²) < 4.78 is -1.13. The molecule has 1 fully saturated rings. The Morgan fingerprint density at radius 1 is 1.11 bits per heavy atom. The van der Waals surface area contributed by atoms with Gasteiger partial charge < -0.3 is 14.7 Å². The average molecular weight is 397 g/mol. The summed E-state index contributed by atoms with van der Waals surface area (Å²) in [6, 6.07) is 13.7. The number of benzene rings is 1. The summed E-state index contributed by atoms with van der Waals surface area (Å²) in [6.07, 6.45) is 1.78. The van der Waals surface area contributed by atoms with Crippen molar-refractivity contribution in [1.82, 2.24) is 9.88 Å². The summed E-state index contributed by atoms with van der Waals surface area (Å²) in [6.45, 7) is 6.87. The van der Waals surface area contributed by atoms with E-state index in [1.54, 1.807) is 18.0 Å². The second-order valence-corrected chi connectivity index (χ2v) is 8.58. The number of hydrogen-bond donors (Lipinski definition) is 0. The summed E-state index contributed by atoms with van der Waals surface area (Å²) in [5.41, 5.74) is 0.894. The summed E-state index contributed by atoms with van der Waals surface area (Å²) in [5, 5.41) is 0. The van der Waals surface area contributed by atoms with Crippen LogP contribution >= 0.6 is 11.8 Å². The number of anilines is 2. The molecule has 3 heterocycles. The number of amides is 2. The van der Waals surface area contributed by atoms with Gasteiger partial charge in [-0.15, -0.1) is 0 Å². The fourth-order valence-electron chi connectivity index (χ4n) is 3.83. The molecule has 0 N–H and O–H groups in total. The summed E-state index contributed by atoms with van der Waals surface area (Å²) in [7, 11) is 0. The van der Waals surface area contributed by atoms with Gasteiger partial charge in [0.25, 0.3) is 5.91 Å². The van der Waals surface area contributed by atoms with E-state index in [2.05, 4.69) is 9.88 Å². The number of hydrogen-bond acceptors (Lipinski definition) is 5. The Labute approximate surface area is 169 Å². The predicted octanol–water partition coefficient (Wildman–Crippen LogP) is 2.65. The Bertz CT molecular complexity index is 883. The SMILES string of the molecule is CCN1C(=O)C(C)(C(=O)N2CCN(c3ccccn3)CC2)Sc2ccccc21. The van der Waals surface area contributed by atoms with Crippen LogP contribution in [-0.2, 0) is 9.59 Å². The number of piperazine rings is 1. The molecule has 2 amide bonds. The van der Waals surface area contributed by atoms with Gasteiger partial charge in [0.1, 0.15) is 5.82 Å². The van der Waals surface area contributed by atoms with E-state index in [-0.39, 0.29) is 11.8 Å². The molecule has 1 aromatic heterocycles. The third kappa shape index (κ3) is 3.13. The highest BCUT2D eigenvalue weighted by atomic mass is 32.2. The zero-order chi connectivity index (χ0) is 19.7. The molecule has 2 aliphatic heterocycles. The molecule has 2 aromatic rings. The van der Waals surface area contributed by atoms with Crippen molar-refractivity contribution in [3.05, 3.63) is 48.7 Å². The van der Waals surface area contributed by atoms with Gasteiger partial charge in [0.2, 0.25) is 5.91 Å². The van der Waals surface area contributed by atoms with Gasteiger partial charge in [0, 0.05) is 43.8 Å². The topological polar surface area (TPSA) is 56.8 Å². The lowest BCUT2D eigenvalue weighted by atomic mass is 10.1. The second kappa shape index (κ2) is 7.47. The summed E-state index contributed by atoms with van der Waals surface area (Å²) in [5.74, 6) is 0.696. The van der Waals surface area contributed by atoms with Crippen LogP contribution in [0.3, 0.4) is 0 Å². The van der Waals surface area contributed by atoms with E-state index < -0.39 is 4.75 Å².